The van der Waals surface area contributed by atoms with Gasteiger partial charge in [-0.05, 0) is 39.5 Å². The first-order chi connectivity index (χ1) is 7.79. The minimum Gasteiger partial charge on any atom is -0.380 e. The van der Waals surface area contributed by atoms with Gasteiger partial charge in [0.15, 0.2) is 0 Å². The predicted octanol–water partition coefficient (Wildman–Crippen LogP) is 3.39. The maximum Gasteiger partial charge on any atom is 0.142 e. The molecule has 1 N–H and O–H groups in total. The van der Waals surface area contributed by atoms with E-state index < -0.39 is 0 Å². The van der Waals surface area contributed by atoms with Crippen molar-refractivity contribution in [2.45, 2.75) is 6.54 Å². The van der Waals surface area contributed by atoms with Crippen LogP contribution >= 0.6 is 27.3 Å². The molecule has 0 aliphatic rings. The molecule has 2 heterocycles. The van der Waals surface area contributed by atoms with Crippen LogP contribution in [0, 0.1) is 11.3 Å². The fourth-order valence-corrected chi connectivity index (χ4v) is 2.67. The molecule has 16 heavy (non-hydrogen) atoms. The maximum absolute atomic E-state index is 8.71. The van der Waals surface area contributed by atoms with Crippen LogP contribution in [0.5, 0.6) is 0 Å². The smallest absolute Gasteiger partial charge is 0.142 e. The number of thiophene rings is 1. The summed E-state index contributed by atoms with van der Waals surface area (Å²) in [6.07, 6.45) is 1.63. The predicted molar refractivity (Wildman–Crippen MR) is 68.3 cm³/mol. The summed E-state index contributed by atoms with van der Waals surface area (Å²) < 4.78 is 1.11. The van der Waals surface area contributed by atoms with Crippen molar-refractivity contribution in [3.05, 3.63) is 44.8 Å². The van der Waals surface area contributed by atoms with Crippen molar-refractivity contribution < 1.29 is 0 Å². The van der Waals surface area contributed by atoms with Crippen LogP contribution in [-0.2, 0) is 6.54 Å². The van der Waals surface area contributed by atoms with Crippen molar-refractivity contribution >= 4 is 33.0 Å². The Morgan fingerprint density at radius 3 is 3.06 bits per heavy atom. The van der Waals surface area contributed by atoms with E-state index in [9.17, 15) is 0 Å². The molecular formula is C11H8BrN3S. The Kier molecular flexibility index (Phi) is 3.54. The number of rotatable bonds is 3. The molecule has 0 saturated carbocycles. The van der Waals surface area contributed by atoms with Gasteiger partial charge in [0, 0.05) is 21.2 Å². The van der Waals surface area contributed by atoms with Crippen LogP contribution in [0.1, 0.15) is 10.6 Å². The number of anilines is 1. The third-order valence-electron chi connectivity index (χ3n) is 2.02. The molecule has 2 aromatic heterocycles. The summed E-state index contributed by atoms with van der Waals surface area (Å²) in [5.74, 6) is 0. The molecule has 0 aliphatic carbocycles. The third-order valence-corrected chi connectivity index (χ3v) is 3.94. The number of nitrogens with one attached hydrogen (secondary N) is 1. The molecule has 0 spiro atoms. The summed E-state index contributed by atoms with van der Waals surface area (Å²) in [4.78, 5) is 5.14. The SMILES string of the molecule is N#Cc1cc(NCc2sccc2Br)ccn1. The summed E-state index contributed by atoms with van der Waals surface area (Å²) in [6, 6.07) is 7.62. The molecule has 0 bridgehead atoms. The minimum absolute atomic E-state index is 0.426. The zero-order valence-corrected chi connectivity index (χ0v) is 10.7. The minimum atomic E-state index is 0.426. The summed E-state index contributed by atoms with van der Waals surface area (Å²) in [5, 5.41) is 14.0. The number of nitrogens with zero attached hydrogens (tertiary/aromatic N) is 2. The number of pyridine rings is 1. The van der Waals surface area contributed by atoms with Crippen molar-refractivity contribution in [1.82, 2.24) is 4.98 Å². The van der Waals surface area contributed by atoms with Crippen molar-refractivity contribution in [3.8, 4) is 6.07 Å². The van der Waals surface area contributed by atoms with Gasteiger partial charge >= 0.3 is 0 Å². The van der Waals surface area contributed by atoms with Gasteiger partial charge < -0.3 is 5.32 Å². The van der Waals surface area contributed by atoms with E-state index in [1.165, 1.54) is 4.88 Å². The molecule has 80 valence electrons. The van der Waals surface area contributed by atoms with Crippen LogP contribution in [0.4, 0.5) is 5.69 Å². The van der Waals surface area contributed by atoms with Gasteiger partial charge in [0.1, 0.15) is 11.8 Å². The molecule has 5 heteroatoms. The van der Waals surface area contributed by atoms with E-state index in [1.807, 2.05) is 23.6 Å². The molecular weight excluding hydrogens is 286 g/mol. The van der Waals surface area contributed by atoms with Gasteiger partial charge in [-0.15, -0.1) is 11.3 Å². The van der Waals surface area contributed by atoms with Gasteiger partial charge in [-0.1, -0.05) is 0 Å². The van der Waals surface area contributed by atoms with E-state index in [-0.39, 0.29) is 0 Å². The first kappa shape index (κ1) is 11.1. The highest BCUT2D eigenvalue weighted by Gasteiger charge is 2.01. The van der Waals surface area contributed by atoms with Crippen molar-refractivity contribution in [3.63, 3.8) is 0 Å². The quantitative estimate of drug-likeness (QED) is 0.944. The van der Waals surface area contributed by atoms with E-state index in [0.717, 1.165) is 16.7 Å². The van der Waals surface area contributed by atoms with E-state index in [0.29, 0.717) is 5.69 Å². The van der Waals surface area contributed by atoms with E-state index >= 15 is 0 Å². The highest BCUT2D eigenvalue weighted by Crippen LogP contribution is 2.23. The van der Waals surface area contributed by atoms with Crippen molar-refractivity contribution in [2.75, 3.05) is 5.32 Å². The second-order valence-electron chi connectivity index (χ2n) is 3.09. The largest absolute Gasteiger partial charge is 0.380 e. The van der Waals surface area contributed by atoms with Crippen LogP contribution in [0.2, 0.25) is 0 Å². The van der Waals surface area contributed by atoms with Crippen LogP contribution in [0.25, 0.3) is 0 Å². The fraction of sp³-hybridized carbons (Fsp3) is 0.0909. The Bertz CT molecular complexity index is 530. The molecule has 0 aromatic carbocycles. The zero-order chi connectivity index (χ0) is 11.4. The summed E-state index contributed by atoms with van der Waals surface area (Å²) >= 11 is 5.16. The summed E-state index contributed by atoms with van der Waals surface area (Å²) in [6.45, 7) is 0.743. The lowest BCUT2D eigenvalue weighted by atomic mass is 10.3. The molecule has 0 saturated heterocycles. The van der Waals surface area contributed by atoms with Crippen LogP contribution in [0.3, 0.4) is 0 Å². The maximum atomic E-state index is 8.71. The van der Waals surface area contributed by atoms with Gasteiger partial charge in [-0.2, -0.15) is 5.26 Å². The lowest BCUT2D eigenvalue weighted by Gasteiger charge is -2.04. The Balaban J connectivity index is 2.05. The van der Waals surface area contributed by atoms with Crippen molar-refractivity contribution in [1.29, 1.82) is 5.26 Å². The normalized spacial score (nSPS) is 9.75. The second-order valence-corrected chi connectivity index (χ2v) is 4.94. The van der Waals surface area contributed by atoms with E-state index in [1.54, 1.807) is 23.6 Å². The third kappa shape index (κ3) is 2.60. The monoisotopic (exact) mass is 293 g/mol. The zero-order valence-electron chi connectivity index (χ0n) is 8.27. The first-order valence-corrected chi connectivity index (χ1v) is 6.29. The number of nitriles is 1. The number of halogens is 1. The molecule has 0 aliphatic heterocycles. The summed E-state index contributed by atoms with van der Waals surface area (Å²) in [7, 11) is 0. The topological polar surface area (TPSA) is 48.7 Å². The first-order valence-electron chi connectivity index (χ1n) is 4.61. The van der Waals surface area contributed by atoms with Gasteiger partial charge in [-0.25, -0.2) is 4.98 Å². The van der Waals surface area contributed by atoms with Crippen molar-refractivity contribution in [2.24, 2.45) is 0 Å². The number of hydrogen-bond acceptors (Lipinski definition) is 4. The highest BCUT2D eigenvalue weighted by atomic mass is 79.9. The Labute approximate surface area is 106 Å². The van der Waals surface area contributed by atoms with Gasteiger partial charge in [0.05, 0.1) is 6.54 Å². The van der Waals surface area contributed by atoms with Gasteiger partial charge in [-0.3, -0.25) is 0 Å². The van der Waals surface area contributed by atoms with E-state index in [2.05, 4.69) is 26.2 Å². The molecule has 2 rings (SSSR count). The van der Waals surface area contributed by atoms with Crippen LogP contribution < -0.4 is 5.32 Å². The molecule has 0 atom stereocenters. The Morgan fingerprint density at radius 2 is 2.38 bits per heavy atom. The molecule has 0 unspecified atom stereocenters. The van der Waals surface area contributed by atoms with E-state index in [4.69, 9.17) is 5.26 Å². The summed E-state index contributed by atoms with van der Waals surface area (Å²) in [5.41, 5.74) is 1.34. The molecule has 3 nitrogen and oxygen atoms in total. The molecule has 0 radical (unpaired) electrons. The Hall–Kier alpha value is -1.38. The average Bonchev–Trinajstić information content (AvgIpc) is 2.72. The van der Waals surface area contributed by atoms with Gasteiger partial charge in [0.25, 0.3) is 0 Å². The lowest BCUT2D eigenvalue weighted by molar-refractivity contribution is 1.16. The molecule has 0 fully saturated rings. The van der Waals surface area contributed by atoms with Crippen LogP contribution in [0.15, 0.2) is 34.2 Å². The number of aromatic nitrogens is 1. The standard InChI is InChI=1S/C11H8BrN3S/c12-10-2-4-16-11(10)7-15-8-1-3-14-9(5-8)6-13/h1-5H,7H2,(H,14,15). The average molecular weight is 294 g/mol. The fourth-order valence-electron chi connectivity index (χ4n) is 1.24. The molecule has 0 amide bonds. The highest BCUT2D eigenvalue weighted by molar-refractivity contribution is 9.10. The molecule has 2 aromatic rings. The van der Waals surface area contributed by atoms with Crippen LogP contribution in [-0.4, -0.2) is 4.98 Å². The Morgan fingerprint density at radius 1 is 1.50 bits per heavy atom. The lowest BCUT2D eigenvalue weighted by Crippen LogP contribution is -1.98. The van der Waals surface area contributed by atoms with Gasteiger partial charge in [0.2, 0.25) is 0 Å². The number of hydrogen-bond donors (Lipinski definition) is 1. The second kappa shape index (κ2) is 5.10.